The molecule has 0 unspecified atom stereocenters. The summed E-state index contributed by atoms with van der Waals surface area (Å²) in [6, 6.07) is 0. The zero-order chi connectivity index (χ0) is 15.2. The molecule has 1 amide bonds. The summed E-state index contributed by atoms with van der Waals surface area (Å²) in [6.07, 6.45) is 1.10. The number of aromatic nitrogens is 2. The molecule has 0 fully saturated rings. The molecule has 1 heterocycles. The van der Waals surface area contributed by atoms with Crippen LogP contribution in [0.5, 0.6) is 0 Å². The number of halogens is 2. The van der Waals surface area contributed by atoms with Crippen LogP contribution in [0.1, 0.15) is 27.2 Å². The highest BCUT2D eigenvalue weighted by Crippen LogP contribution is 2.11. The largest absolute Gasteiger partial charge is 0.444 e. The first-order valence-electron chi connectivity index (χ1n) is 6.17. The highest BCUT2D eigenvalue weighted by molar-refractivity contribution is 6.28. The van der Waals surface area contributed by atoms with Gasteiger partial charge in [0.25, 0.3) is 0 Å². The maximum Gasteiger partial charge on any atom is 0.407 e. The van der Waals surface area contributed by atoms with E-state index in [0.29, 0.717) is 19.5 Å². The number of hydrogen-bond acceptors (Lipinski definition) is 5. The van der Waals surface area contributed by atoms with E-state index in [0.717, 1.165) is 6.20 Å². The van der Waals surface area contributed by atoms with Gasteiger partial charge < -0.3 is 15.4 Å². The van der Waals surface area contributed by atoms with Gasteiger partial charge in [-0.3, -0.25) is 0 Å². The Kier molecular flexibility index (Phi) is 5.94. The number of alkyl carbamates (subject to hydrolysis) is 1. The van der Waals surface area contributed by atoms with E-state index in [1.165, 1.54) is 0 Å². The molecule has 0 radical (unpaired) electrons. The number of rotatable bonds is 5. The lowest BCUT2D eigenvalue weighted by atomic mass is 10.2. The van der Waals surface area contributed by atoms with Gasteiger partial charge in [-0.25, -0.2) is 14.2 Å². The van der Waals surface area contributed by atoms with Crippen LogP contribution in [-0.4, -0.2) is 34.8 Å². The van der Waals surface area contributed by atoms with Crippen LogP contribution in [0.3, 0.4) is 0 Å². The predicted molar refractivity (Wildman–Crippen MR) is 74.3 cm³/mol. The number of carbonyl (C=O) groups excluding carboxylic acids is 1. The Morgan fingerprint density at radius 3 is 2.80 bits per heavy atom. The van der Waals surface area contributed by atoms with E-state index in [1.807, 2.05) is 0 Å². The van der Waals surface area contributed by atoms with Gasteiger partial charge in [-0.1, -0.05) is 0 Å². The van der Waals surface area contributed by atoms with Crippen LogP contribution >= 0.6 is 11.6 Å². The fraction of sp³-hybridized carbons (Fsp3) is 0.583. The zero-order valence-electron chi connectivity index (χ0n) is 11.7. The molecule has 0 atom stereocenters. The van der Waals surface area contributed by atoms with Gasteiger partial charge in [0.15, 0.2) is 11.6 Å². The lowest BCUT2D eigenvalue weighted by molar-refractivity contribution is 0.0528. The summed E-state index contributed by atoms with van der Waals surface area (Å²) in [7, 11) is 0. The average molecular weight is 305 g/mol. The SMILES string of the molecule is CC(C)(C)OC(=O)NCCCNc1nc(Cl)ncc1F. The van der Waals surface area contributed by atoms with Crippen molar-refractivity contribution >= 4 is 23.5 Å². The van der Waals surface area contributed by atoms with Crippen molar-refractivity contribution in [3.05, 3.63) is 17.3 Å². The summed E-state index contributed by atoms with van der Waals surface area (Å²) in [5.41, 5.74) is -0.525. The standard InChI is InChI=1S/C12H18ClFN4O2/c1-12(2,3)20-11(19)16-6-4-5-15-9-8(14)7-17-10(13)18-9/h7H,4-6H2,1-3H3,(H,16,19)(H,15,17,18). The lowest BCUT2D eigenvalue weighted by Crippen LogP contribution is -2.33. The maximum atomic E-state index is 13.3. The molecule has 1 aromatic heterocycles. The fourth-order valence-corrected chi connectivity index (χ4v) is 1.40. The van der Waals surface area contributed by atoms with Crippen molar-refractivity contribution in [1.82, 2.24) is 15.3 Å². The Balaban J connectivity index is 2.22. The van der Waals surface area contributed by atoms with E-state index in [1.54, 1.807) is 20.8 Å². The van der Waals surface area contributed by atoms with Crippen molar-refractivity contribution in [2.24, 2.45) is 0 Å². The topological polar surface area (TPSA) is 76.1 Å². The number of carbonyl (C=O) groups is 1. The number of hydrogen-bond donors (Lipinski definition) is 2. The first-order valence-corrected chi connectivity index (χ1v) is 6.54. The minimum absolute atomic E-state index is 0.0271. The molecule has 0 aliphatic carbocycles. The van der Waals surface area contributed by atoms with Crippen LogP contribution in [-0.2, 0) is 4.74 Å². The minimum Gasteiger partial charge on any atom is -0.444 e. The summed E-state index contributed by atoms with van der Waals surface area (Å²) < 4.78 is 18.3. The van der Waals surface area contributed by atoms with Crippen molar-refractivity contribution in [3.63, 3.8) is 0 Å². The molecule has 1 rings (SSSR count). The Morgan fingerprint density at radius 2 is 2.15 bits per heavy atom. The number of nitrogens with zero attached hydrogens (tertiary/aromatic N) is 2. The van der Waals surface area contributed by atoms with E-state index in [2.05, 4.69) is 20.6 Å². The molecular formula is C12H18ClFN4O2. The molecule has 6 nitrogen and oxygen atoms in total. The smallest absolute Gasteiger partial charge is 0.407 e. The summed E-state index contributed by atoms with van der Waals surface area (Å²) >= 11 is 5.56. The van der Waals surface area contributed by atoms with Gasteiger partial charge in [-0.15, -0.1) is 0 Å². The number of anilines is 1. The highest BCUT2D eigenvalue weighted by Gasteiger charge is 2.15. The molecular weight excluding hydrogens is 287 g/mol. The van der Waals surface area contributed by atoms with Crippen LogP contribution in [0, 0.1) is 5.82 Å². The molecule has 0 aliphatic heterocycles. The van der Waals surface area contributed by atoms with Gasteiger partial charge in [0.1, 0.15) is 5.60 Å². The molecule has 0 spiro atoms. The summed E-state index contributed by atoms with van der Waals surface area (Å²) in [5.74, 6) is -0.531. The predicted octanol–water partition coefficient (Wildman–Crippen LogP) is 2.60. The van der Waals surface area contributed by atoms with Gasteiger partial charge in [0.2, 0.25) is 5.28 Å². The quantitative estimate of drug-likeness (QED) is 0.646. The first kappa shape index (κ1) is 16.4. The highest BCUT2D eigenvalue weighted by atomic mass is 35.5. The van der Waals surface area contributed by atoms with Gasteiger partial charge in [-0.05, 0) is 38.8 Å². The number of ether oxygens (including phenoxy) is 1. The molecule has 112 valence electrons. The third-order valence-electron chi connectivity index (χ3n) is 2.03. The Bertz CT molecular complexity index is 465. The third kappa shape index (κ3) is 6.51. The van der Waals surface area contributed by atoms with Crippen LogP contribution in [0.25, 0.3) is 0 Å². The van der Waals surface area contributed by atoms with Gasteiger partial charge in [0, 0.05) is 13.1 Å². The van der Waals surface area contributed by atoms with E-state index < -0.39 is 17.5 Å². The molecule has 2 N–H and O–H groups in total. The molecule has 0 saturated carbocycles. The summed E-state index contributed by atoms with van der Waals surface area (Å²) in [6.45, 7) is 6.20. The summed E-state index contributed by atoms with van der Waals surface area (Å²) in [5, 5.41) is 5.34. The minimum atomic E-state index is -0.575. The second-order valence-electron chi connectivity index (χ2n) is 5.04. The van der Waals surface area contributed by atoms with E-state index in [-0.39, 0.29) is 11.1 Å². The molecule has 8 heteroatoms. The van der Waals surface area contributed by atoms with Crippen LogP contribution < -0.4 is 10.6 Å². The van der Waals surface area contributed by atoms with Crippen LogP contribution in [0.15, 0.2) is 6.20 Å². The van der Waals surface area contributed by atoms with Crippen LogP contribution in [0.4, 0.5) is 15.0 Å². The van der Waals surface area contributed by atoms with Gasteiger partial charge in [-0.2, -0.15) is 4.98 Å². The van der Waals surface area contributed by atoms with Gasteiger partial charge in [0.05, 0.1) is 6.20 Å². The summed E-state index contributed by atoms with van der Waals surface area (Å²) in [4.78, 5) is 18.6. The fourth-order valence-electron chi connectivity index (χ4n) is 1.27. The van der Waals surface area contributed by atoms with E-state index in [9.17, 15) is 9.18 Å². The second kappa shape index (κ2) is 7.23. The van der Waals surface area contributed by atoms with Crippen molar-refractivity contribution in [1.29, 1.82) is 0 Å². The van der Waals surface area contributed by atoms with Crippen LogP contribution in [0.2, 0.25) is 5.28 Å². The number of amides is 1. The van der Waals surface area contributed by atoms with E-state index >= 15 is 0 Å². The monoisotopic (exact) mass is 304 g/mol. The Morgan fingerprint density at radius 1 is 1.45 bits per heavy atom. The van der Waals surface area contributed by atoms with Crippen molar-refractivity contribution in [2.45, 2.75) is 32.8 Å². The van der Waals surface area contributed by atoms with Crippen molar-refractivity contribution < 1.29 is 13.9 Å². The second-order valence-corrected chi connectivity index (χ2v) is 5.38. The molecule has 0 aromatic carbocycles. The lowest BCUT2D eigenvalue weighted by Gasteiger charge is -2.19. The van der Waals surface area contributed by atoms with Crippen molar-refractivity contribution in [2.75, 3.05) is 18.4 Å². The Hall–Kier alpha value is -1.63. The van der Waals surface area contributed by atoms with E-state index in [4.69, 9.17) is 16.3 Å². The number of nitrogens with one attached hydrogen (secondary N) is 2. The Labute approximate surface area is 122 Å². The molecule has 1 aromatic rings. The molecule has 0 bridgehead atoms. The molecule has 0 saturated heterocycles. The molecule has 0 aliphatic rings. The van der Waals surface area contributed by atoms with Crippen molar-refractivity contribution in [3.8, 4) is 0 Å². The maximum absolute atomic E-state index is 13.3. The zero-order valence-corrected chi connectivity index (χ0v) is 12.4. The van der Waals surface area contributed by atoms with Gasteiger partial charge >= 0.3 is 6.09 Å². The third-order valence-corrected chi connectivity index (χ3v) is 2.21. The average Bonchev–Trinajstić information content (AvgIpc) is 2.30. The normalized spacial score (nSPS) is 11.1. The molecule has 20 heavy (non-hydrogen) atoms. The first-order chi connectivity index (χ1) is 9.28.